The fourth-order valence-electron chi connectivity index (χ4n) is 3.43. The number of nitrogens with zero attached hydrogens (tertiary/aromatic N) is 4. The normalized spacial score (nSPS) is 11.8. The molecule has 5 heteroatoms. The molecule has 0 aliphatic carbocycles. The van der Waals surface area contributed by atoms with E-state index in [-0.39, 0.29) is 0 Å². The number of hydrogen-bond donors (Lipinski definition) is 0. The van der Waals surface area contributed by atoms with Crippen molar-refractivity contribution in [1.82, 2.24) is 19.5 Å². The second kappa shape index (κ2) is 10.2. The van der Waals surface area contributed by atoms with Gasteiger partial charge in [0.15, 0.2) is 0 Å². The maximum absolute atomic E-state index is 4.95. The van der Waals surface area contributed by atoms with E-state index >= 15 is 0 Å². The minimum atomic E-state index is -2.43. The van der Waals surface area contributed by atoms with Crippen LogP contribution < -0.4 is 3.71 Å². The molecule has 0 aliphatic heterocycles. The summed E-state index contributed by atoms with van der Waals surface area (Å²) in [4.78, 5) is 13.8. The summed E-state index contributed by atoms with van der Waals surface area (Å²) in [6.45, 7) is 6.93. The Labute approximate surface area is 151 Å². The van der Waals surface area contributed by atoms with Crippen molar-refractivity contribution >= 4 is 22.1 Å². The number of unbranched alkanes of at least 4 members (excludes halogenated alkanes) is 3. The van der Waals surface area contributed by atoms with Gasteiger partial charge in [0.2, 0.25) is 0 Å². The van der Waals surface area contributed by atoms with Crippen molar-refractivity contribution in [3.05, 3.63) is 31.1 Å². The van der Waals surface area contributed by atoms with Gasteiger partial charge in [-0.25, -0.2) is 0 Å². The van der Waals surface area contributed by atoms with Crippen LogP contribution in [0.5, 0.6) is 0 Å². The monoisotopic (exact) mass is 436 g/mol. The summed E-state index contributed by atoms with van der Waals surface area (Å²) < 4.78 is 7.63. The van der Waals surface area contributed by atoms with Crippen molar-refractivity contribution < 1.29 is 0 Å². The zero-order valence-corrected chi connectivity index (χ0v) is 18.4. The fraction of sp³-hybridized carbons (Fsp3) is 0.632. The first-order valence-corrected chi connectivity index (χ1v) is 17.0. The second-order valence-electron chi connectivity index (χ2n) is 6.82. The molecule has 2 aromatic rings. The molecule has 0 bridgehead atoms. The predicted molar refractivity (Wildman–Crippen MR) is 104 cm³/mol. The Morgan fingerprint density at radius 3 is 1.92 bits per heavy atom. The van der Waals surface area contributed by atoms with E-state index in [0.717, 1.165) is 5.82 Å². The van der Waals surface area contributed by atoms with Crippen LogP contribution in [-0.4, -0.2) is 37.9 Å². The minimum absolute atomic E-state index is 0.873. The van der Waals surface area contributed by atoms with Crippen molar-refractivity contribution in [2.24, 2.45) is 0 Å². The molecule has 0 saturated heterocycles. The summed E-state index contributed by atoms with van der Waals surface area (Å²) in [6.07, 6.45) is 17.5. The van der Waals surface area contributed by atoms with Crippen LogP contribution in [0.15, 0.2) is 31.1 Å². The summed E-state index contributed by atoms with van der Waals surface area (Å²) in [5, 5.41) is 0. The summed E-state index contributed by atoms with van der Waals surface area (Å²) in [5.74, 6) is 0.873. The maximum atomic E-state index is 4.95. The van der Waals surface area contributed by atoms with Gasteiger partial charge in [0.1, 0.15) is 0 Å². The molecular weight excluding hydrogens is 403 g/mol. The third kappa shape index (κ3) is 5.04. The van der Waals surface area contributed by atoms with E-state index in [2.05, 4.69) is 32.0 Å². The molecule has 0 spiro atoms. The van der Waals surface area contributed by atoms with Crippen molar-refractivity contribution in [3.8, 4) is 5.82 Å². The van der Waals surface area contributed by atoms with Crippen LogP contribution in [0.2, 0.25) is 13.3 Å². The van der Waals surface area contributed by atoms with Gasteiger partial charge in [-0.3, -0.25) is 0 Å². The van der Waals surface area contributed by atoms with E-state index in [1.165, 1.54) is 55.5 Å². The van der Waals surface area contributed by atoms with Gasteiger partial charge in [-0.05, 0) is 0 Å². The zero-order chi connectivity index (χ0) is 17.3. The Balaban J connectivity index is 2.28. The first-order chi connectivity index (χ1) is 11.8. The zero-order valence-electron chi connectivity index (χ0n) is 15.5. The SMILES string of the molecule is CCC[CH2][Sn]([CH2]CCC)([CH2]CCC)[c]1cnc(-n2ccnc2)cn1. The molecule has 0 fully saturated rings. The molecule has 2 aromatic heterocycles. The third-order valence-corrected chi connectivity index (χ3v) is 20.0. The van der Waals surface area contributed by atoms with Crippen molar-refractivity contribution in [2.45, 2.75) is 72.6 Å². The van der Waals surface area contributed by atoms with Crippen molar-refractivity contribution in [2.75, 3.05) is 0 Å². The molecule has 0 amide bonds. The Morgan fingerprint density at radius 2 is 1.50 bits per heavy atom. The summed E-state index contributed by atoms with van der Waals surface area (Å²) in [6, 6.07) is 0. The molecule has 0 N–H and O–H groups in total. The van der Waals surface area contributed by atoms with Gasteiger partial charge < -0.3 is 0 Å². The van der Waals surface area contributed by atoms with Crippen LogP contribution in [-0.2, 0) is 0 Å². The van der Waals surface area contributed by atoms with Crippen LogP contribution >= 0.6 is 0 Å². The Bertz CT molecular complexity index is 544. The first-order valence-electron chi connectivity index (χ1n) is 9.56. The predicted octanol–water partition coefficient (Wildman–Crippen LogP) is 4.72. The van der Waals surface area contributed by atoms with Crippen molar-refractivity contribution in [3.63, 3.8) is 0 Å². The number of rotatable bonds is 11. The van der Waals surface area contributed by atoms with E-state index in [4.69, 9.17) is 9.97 Å². The van der Waals surface area contributed by atoms with Crippen LogP contribution in [0.4, 0.5) is 0 Å². The van der Waals surface area contributed by atoms with E-state index in [9.17, 15) is 0 Å². The molecule has 0 aliphatic rings. The van der Waals surface area contributed by atoms with Crippen LogP contribution in [0.1, 0.15) is 59.3 Å². The Morgan fingerprint density at radius 1 is 0.875 bits per heavy atom. The van der Waals surface area contributed by atoms with Gasteiger partial charge in [-0.2, -0.15) is 0 Å². The molecule has 2 heterocycles. The van der Waals surface area contributed by atoms with Crippen LogP contribution in [0.3, 0.4) is 0 Å². The van der Waals surface area contributed by atoms with Crippen molar-refractivity contribution in [1.29, 1.82) is 0 Å². The number of imidazole rings is 1. The van der Waals surface area contributed by atoms with E-state index < -0.39 is 18.4 Å². The molecule has 24 heavy (non-hydrogen) atoms. The first kappa shape index (κ1) is 19.4. The molecule has 0 radical (unpaired) electrons. The average Bonchev–Trinajstić information content (AvgIpc) is 3.16. The average molecular weight is 435 g/mol. The molecule has 132 valence electrons. The van der Waals surface area contributed by atoms with Crippen LogP contribution in [0.25, 0.3) is 5.82 Å². The number of hydrogen-bond acceptors (Lipinski definition) is 3. The standard InChI is InChI=1S/C7H5N4.3C4H9.Sn/c1-2-10-7(5-8-1)11-4-3-9-6-11;3*1-3-4-2;/h2-6H;3*1,3-4H2,2H3;. The topological polar surface area (TPSA) is 43.6 Å². The van der Waals surface area contributed by atoms with Gasteiger partial charge in [-0.15, -0.1) is 0 Å². The molecule has 0 unspecified atom stereocenters. The number of aromatic nitrogens is 4. The molecule has 0 atom stereocenters. The quantitative estimate of drug-likeness (QED) is 0.480. The van der Waals surface area contributed by atoms with Gasteiger partial charge in [0.05, 0.1) is 0 Å². The van der Waals surface area contributed by atoms with Gasteiger partial charge in [0, 0.05) is 0 Å². The molecular formula is C19H32N4Sn. The molecule has 0 saturated carbocycles. The summed E-state index contributed by atoms with van der Waals surface area (Å²) >= 11 is -2.43. The van der Waals surface area contributed by atoms with E-state index in [1.807, 2.05) is 17.0 Å². The summed E-state index contributed by atoms with van der Waals surface area (Å²) in [7, 11) is 0. The van der Waals surface area contributed by atoms with Gasteiger partial charge in [-0.1, -0.05) is 0 Å². The fourth-order valence-corrected chi connectivity index (χ4v) is 18.5. The molecule has 0 aromatic carbocycles. The second-order valence-corrected chi connectivity index (χ2v) is 19.9. The molecule has 2 rings (SSSR count). The molecule has 4 nitrogen and oxygen atoms in total. The van der Waals surface area contributed by atoms with Gasteiger partial charge >= 0.3 is 151 Å². The van der Waals surface area contributed by atoms with Crippen LogP contribution in [0, 0.1) is 0 Å². The Hall–Kier alpha value is -0.911. The third-order valence-electron chi connectivity index (χ3n) is 4.98. The Kier molecular flexibility index (Phi) is 8.22. The van der Waals surface area contributed by atoms with Gasteiger partial charge in [0.25, 0.3) is 0 Å². The summed E-state index contributed by atoms with van der Waals surface area (Å²) in [5.41, 5.74) is 0. The van der Waals surface area contributed by atoms with E-state index in [1.54, 1.807) is 12.5 Å². The van der Waals surface area contributed by atoms with E-state index in [0.29, 0.717) is 0 Å².